The van der Waals surface area contributed by atoms with Crippen LogP contribution in [0.2, 0.25) is 5.02 Å². The second-order valence-corrected chi connectivity index (χ2v) is 5.00. The van der Waals surface area contributed by atoms with Gasteiger partial charge in [0, 0.05) is 11.6 Å². The van der Waals surface area contributed by atoms with Gasteiger partial charge in [-0.25, -0.2) is 4.39 Å². The highest BCUT2D eigenvalue weighted by Crippen LogP contribution is 2.20. The van der Waals surface area contributed by atoms with E-state index in [1.165, 1.54) is 6.07 Å². The Labute approximate surface area is 108 Å². The van der Waals surface area contributed by atoms with Crippen LogP contribution in [0.4, 0.5) is 10.1 Å². The van der Waals surface area contributed by atoms with Gasteiger partial charge in [-0.2, -0.15) is 0 Å². The lowest BCUT2D eigenvalue weighted by atomic mass is 9.95. The molecular weight excluding hydrogens is 239 g/mol. The van der Waals surface area contributed by atoms with E-state index in [1.807, 2.05) is 7.05 Å². The van der Waals surface area contributed by atoms with Crippen molar-refractivity contribution in [3.63, 3.8) is 0 Å². The van der Waals surface area contributed by atoms with Crippen molar-refractivity contribution in [3.05, 3.63) is 29.0 Å². The van der Waals surface area contributed by atoms with Gasteiger partial charge in [-0.1, -0.05) is 25.4 Å². The molecule has 0 aliphatic carbocycles. The summed E-state index contributed by atoms with van der Waals surface area (Å²) in [5.41, 5.74) is 0.472. The maximum atomic E-state index is 13.5. The van der Waals surface area contributed by atoms with Crippen LogP contribution in [0.5, 0.6) is 0 Å². The Balaban J connectivity index is 2.61. The lowest BCUT2D eigenvalue weighted by Crippen LogP contribution is -2.29. The predicted octanol–water partition coefficient (Wildman–Crippen LogP) is 3.38. The first-order valence-corrected chi connectivity index (χ1v) is 6.26. The van der Waals surface area contributed by atoms with Crippen LogP contribution < -0.4 is 10.6 Å². The zero-order valence-corrected chi connectivity index (χ0v) is 11.3. The normalized spacial score (nSPS) is 12.8. The molecule has 0 aliphatic rings. The highest BCUT2D eigenvalue weighted by molar-refractivity contribution is 6.30. The number of hydrogen-bond donors (Lipinski definition) is 2. The van der Waals surface area contributed by atoms with E-state index in [1.54, 1.807) is 12.1 Å². The maximum Gasteiger partial charge on any atom is 0.146 e. The standard InChI is InChI=1S/C13H20ClFN2/c1-9(2)10(7-16-3)8-17-13-6-11(14)4-5-12(13)15/h4-6,9-10,16-17H,7-8H2,1-3H3. The van der Waals surface area contributed by atoms with Crippen LogP contribution in [-0.2, 0) is 0 Å². The van der Waals surface area contributed by atoms with E-state index in [-0.39, 0.29) is 5.82 Å². The van der Waals surface area contributed by atoms with Crippen molar-refractivity contribution in [2.45, 2.75) is 13.8 Å². The summed E-state index contributed by atoms with van der Waals surface area (Å²) in [6.45, 7) is 5.97. The summed E-state index contributed by atoms with van der Waals surface area (Å²) in [5.74, 6) is 0.733. The minimum atomic E-state index is -0.263. The number of benzene rings is 1. The zero-order valence-electron chi connectivity index (χ0n) is 10.6. The summed E-state index contributed by atoms with van der Waals surface area (Å²) in [5, 5.41) is 6.82. The third-order valence-corrected chi connectivity index (χ3v) is 3.13. The second kappa shape index (κ2) is 6.82. The average molecular weight is 259 g/mol. The van der Waals surface area contributed by atoms with Crippen LogP contribution >= 0.6 is 11.6 Å². The lowest BCUT2D eigenvalue weighted by Gasteiger charge is -2.21. The molecule has 1 aromatic rings. The van der Waals surface area contributed by atoms with Crippen molar-refractivity contribution in [1.29, 1.82) is 0 Å². The Morgan fingerprint density at radius 3 is 2.59 bits per heavy atom. The van der Waals surface area contributed by atoms with Crippen LogP contribution in [-0.4, -0.2) is 20.1 Å². The third-order valence-electron chi connectivity index (χ3n) is 2.89. The van der Waals surface area contributed by atoms with Crippen LogP contribution in [0.15, 0.2) is 18.2 Å². The molecule has 1 aromatic carbocycles. The largest absolute Gasteiger partial charge is 0.382 e. The molecular formula is C13H20ClFN2. The van der Waals surface area contributed by atoms with E-state index in [0.29, 0.717) is 22.5 Å². The van der Waals surface area contributed by atoms with Crippen LogP contribution in [0, 0.1) is 17.7 Å². The monoisotopic (exact) mass is 258 g/mol. The van der Waals surface area contributed by atoms with Crippen molar-refractivity contribution in [2.24, 2.45) is 11.8 Å². The fraction of sp³-hybridized carbons (Fsp3) is 0.538. The predicted molar refractivity (Wildman–Crippen MR) is 72.2 cm³/mol. The fourth-order valence-electron chi connectivity index (χ4n) is 1.68. The molecule has 1 rings (SSSR count). The minimum absolute atomic E-state index is 0.263. The average Bonchev–Trinajstić information content (AvgIpc) is 2.28. The molecule has 0 saturated heterocycles. The molecule has 2 N–H and O–H groups in total. The first kappa shape index (κ1) is 14.3. The number of hydrogen-bond acceptors (Lipinski definition) is 2. The van der Waals surface area contributed by atoms with Crippen LogP contribution in [0.3, 0.4) is 0 Å². The van der Waals surface area contributed by atoms with Crippen LogP contribution in [0.25, 0.3) is 0 Å². The summed E-state index contributed by atoms with van der Waals surface area (Å²) in [6, 6.07) is 4.55. The summed E-state index contributed by atoms with van der Waals surface area (Å²) in [7, 11) is 1.93. The molecule has 0 aromatic heterocycles. The van der Waals surface area contributed by atoms with Gasteiger partial charge < -0.3 is 10.6 Å². The van der Waals surface area contributed by atoms with Gasteiger partial charge >= 0.3 is 0 Å². The number of rotatable bonds is 6. The molecule has 0 amide bonds. The molecule has 2 nitrogen and oxygen atoms in total. The van der Waals surface area contributed by atoms with E-state index < -0.39 is 0 Å². The van der Waals surface area contributed by atoms with Crippen molar-refractivity contribution in [2.75, 3.05) is 25.5 Å². The second-order valence-electron chi connectivity index (χ2n) is 4.57. The molecule has 1 unspecified atom stereocenters. The van der Waals surface area contributed by atoms with Gasteiger partial charge in [0.2, 0.25) is 0 Å². The summed E-state index contributed by atoms with van der Waals surface area (Å²) in [4.78, 5) is 0. The zero-order chi connectivity index (χ0) is 12.8. The van der Waals surface area contributed by atoms with Gasteiger partial charge in [0.05, 0.1) is 5.69 Å². The fourth-order valence-corrected chi connectivity index (χ4v) is 1.85. The van der Waals surface area contributed by atoms with Crippen molar-refractivity contribution in [3.8, 4) is 0 Å². The van der Waals surface area contributed by atoms with E-state index in [0.717, 1.165) is 13.1 Å². The van der Waals surface area contributed by atoms with Crippen molar-refractivity contribution >= 4 is 17.3 Å². The number of anilines is 1. The Hall–Kier alpha value is -0.800. The van der Waals surface area contributed by atoms with Gasteiger partial charge in [-0.3, -0.25) is 0 Å². The van der Waals surface area contributed by atoms with Gasteiger partial charge in [-0.15, -0.1) is 0 Å². The van der Waals surface area contributed by atoms with Gasteiger partial charge in [-0.05, 0) is 43.6 Å². The van der Waals surface area contributed by atoms with E-state index >= 15 is 0 Å². The highest BCUT2D eigenvalue weighted by atomic mass is 35.5. The molecule has 0 bridgehead atoms. The lowest BCUT2D eigenvalue weighted by molar-refractivity contribution is 0.390. The molecule has 17 heavy (non-hydrogen) atoms. The van der Waals surface area contributed by atoms with Crippen molar-refractivity contribution < 1.29 is 4.39 Å². The van der Waals surface area contributed by atoms with E-state index in [2.05, 4.69) is 24.5 Å². The summed E-state index contributed by atoms with van der Waals surface area (Å²) < 4.78 is 13.5. The Kier molecular flexibility index (Phi) is 5.72. The summed E-state index contributed by atoms with van der Waals surface area (Å²) in [6.07, 6.45) is 0. The maximum absolute atomic E-state index is 13.5. The van der Waals surface area contributed by atoms with Gasteiger partial charge in [0.25, 0.3) is 0 Å². The Morgan fingerprint density at radius 2 is 2.00 bits per heavy atom. The smallest absolute Gasteiger partial charge is 0.146 e. The first-order chi connectivity index (χ1) is 8.04. The van der Waals surface area contributed by atoms with E-state index in [9.17, 15) is 4.39 Å². The Morgan fingerprint density at radius 1 is 1.29 bits per heavy atom. The molecule has 4 heteroatoms. The molecule has 0 heterocycles. The Bertz CT molecular complexity index is 355. The molecule has 96 valence electrons. The third kappa shape index (κ3) is 4.52. The quantitative estimate of drug-likeness (QED) is 0.817. The summed E-state index contributed by atoms with van der Waals surface area (Å²) >= 11 is 5.84. The molecule has 0 fully saturated rings. The molecule has 0 saturated carbocycles. The minimum Gasteiger partial charge on any atom is -0.382 e. The van der Waals surface area contributed by atoms with Crippen LogP contribution in [0.1, 0.15) is 13.8 Å². The molecule has 0 spiro atoms. The first-order valence-electron chi connectivity index (χ1n) is 5.88. The van der Waals surface area contributed by atoms with Crippen molar-refractivity contribution in [1.82, 2.24) is 5.32 Å². The molecule has 0 aliphatic heterocycles. The molecule has 0 radical (unpaired) electrons. The topological polar surface area (TPSA) is 24.1 Å². The SMILES string of the molecule is CNCC(CNc1cc(Cl)ccc1F)C(C)C. The van der Waals surface area contributed by atoms with Gasteiger partial charge in [0.15, 0.2) is 0 Å². The van der Waals surface area contributed by atoms with Gasteiger partial charge in [0.1, 0.15) is 5.82 Å². The molecule has 1 atom stereocenters. The highest BCUT2D eigenvalue weighted by Gasteiger charge is 2.13. The van der Waals surface area contributed by atoms with E-state index in [4.69, 9.17) is 11.6 Å². The number of halogens is 2. The number of nitrogens with one attached hydrogen (secondary N) is 2.